The van der Waals surface area contributed by atoms with Gasteiger partial charge < -0.3 is 25.4 Å². The molecule has 0 saturated heterocycles. The molecule has 3 rings (SSSR count). The summed E-state index contributed by atoms with van der Waals surface area (Å²) < 4.78 is 6.32. The van der Waals surface area contributed by atoms with E-state index in [1.807, 2.05) is 13.0 Å². The molecule has 0 aromatic carbocycles. The van der Waals surface area contributed by atoms with Crippen molar-refractivity contribution in [1.29, 1.82) is 0 Å². The van der Waals surface area contributed by atoms with Crippen molar-refractivity contribution in [3.05, 3.63) is 46.2 Å². The molecule has 2 aromatic rings. The fraction of sp³-hybridized carbons (Fsp3) is 0.560. The van der Waals surface area contributed by atoms with E-state index < -0.39 is 12.0 Å². The smallest absolute Gasteiger partial charge is 0.326 e. The van der Waals surface area contributed by atoms with Gasteiger partial charge in [0.1, 0.15) is 17.7 Å². The first-order chi connectivity index (χ1) is 16.4. The Bertz CT molecular complexity index is 929. The third-order valence-electron chi connectivity index (χ3n) is 6.10. The summed E-state index contributed by atoms with van der Waals surface area (Å²) in [5.41, 5.74) is 2.44. The number of anilines is 2. The lowest BCUT2D eigenvalue weighted by molar-refractivity contribution is -0.138. The van der Waals surface area contributed by atoms with E-state index in [1.54, 1.807) is 19.4 Å². The topological polar surface area (TPSA) is 99.6 Å². The molecule has 0 spiro atoms. The van der Waals surface area contributed by atoms with E-state index in [2.05, 4.69) is 48.6 Å². The van der Waals surface area contributed by atoms with E-state index >= 15 is 0 Å². The zero-order valence-corrected chi connectivity index (χ0v) is 21.7. The summed E-state index contributed by atoms with van der Waals surface area (Å²) in [7, 11) is 1.71. The summed E-state index contributed by atoms with van der Waals surface area (Å²) in [6.45, 7) is 5.35. The fourth-order valence-electron chi connectivity index (χ4n) is 4.11. The second kappa shape index (κ2) is 13.6. The number of aryl methyl sites for hydroxylation is 2. The highest BCUT2D eigenvalue weighted by atomic mass is 79.9. The third kappa shape index (κ3) is 8.52. The first-order valence-corrected chi connectivity index (χ1v) is 12.8. The van der Waals surface area contributed by atoms with Crippen molar-refractivity contribution in [3.63, 3.8) is 0 Å². The molecule has 186 valence electrons. The molecule has 9 heteroatoms. The van der Waals surface area contributed by atoms with Gasteiger partial charge in [0.15, 0.2) is 0 Å². The largest absolute Gasteiger partial charge is 0.480 e. The van der Waals surface area contributed by atoms with Crippen LogP contribution in [0.25, 0.3) is 0 Å². The minimum atomic E-state index is -0.881. The number of aromatic nitrogens is 2. The van der Waals surface area contributed by atoms with Crippen molar-refractivity contribution in [1.82, 2.24) is 14.9 Å². The predicted octanol–water partition coefficient (Wildman–Crippen LogP) is 4.21. The molecule has 0 radical (unpaired) electrons. The SMILES string of the molecule is CO[C@H](C)CN(CCCCc1ccc2c(n1)NCCC2)CC[C@H](Nc1cc(Br)ccn1)C(=O)O. The first-order valence-electron chi connectivity index (χ1n) is 12.0. The lowest BCUT2D eigenvalue weighted by Gasteiger charge is -2.26. The summed E-state index contributed by atoms with van der Waals surface area (Å²) in [6, 6.07) is 7.23. The highest BCUT2D eigenvalue weighted by molar-refractivity contribution is 9.10. The first kappa shape index (κ1) is 26.4. The number of carbonyl (C=O) groups is 1. The maximum atomic E-state index is 11.8. The van der Waals surface area contributed by atoms with Crippen LogP contribution in [0.15, 0.2) is 34.9 Å². The van der Waals surface area contributed by atoms with Crippen LogP contribution in [0.1, 0.15) is 43.9 Å². The Labute approximate surface area is 210 Å². The van der Waals surface area contributed by atoms with E-state index in [0.717, 1.165) is 61.3 Å². The van der Waals surface area contributed by atoms with Gasteiger partial charge in [-0.15, -0.1) is 0 Å². The van der Waals surface area contributed by atoms with Crippen LogP contribution in [0, 0.1) is 0 Å². The van der Waals surface area contributed by atoms with E-state index in [4.69, 9.17) is 9.72 Å². The van der Waals surface area contributed by atoms with Crippen molar-refractivity contribution in [2.24, 2.45) is 0 Å². The summed E-state index contributed by atoms with van der Waals surface area (Å²) in [5, 5.41) is 16.2. The number of fused-ring (bicyclic) bond motifs is 1. The molecular weight excluding hydrogens is 498 g/mol. The average molecular weight is 534 g/mol. The quantitative estimate of drug-likeness (QED) is 0.310. The van der Waals surface area contributed by atoms with Crippen molar-refractivity contribution in [2.45, 2.75) is 57.6 Å². The molecule has 8 nitrogen and oxygen atoms in total. The van der Waals surface area contributed by atoms with Gasteiger partial charge in [-0.25, -0.2) is 14.8 Å². The molecule has 3 heterocycles. The number of halogens is 1. The number of ether oxygens (including phenoxy) is 1. The Kier molecular flexibility index (Phi) is 10.6. The highest BCUT2D eigenvalue weighted by Gasteiger charge is 2.20. The zero-order chi connectivity index (χ0) is 24.3. The molecule has 0 bridgehead atoms. The summed E-state index contributed by atoms with van der Waals surface area (Å²) in [4.78, 5) is 23.1. The van der Waals surface area contributed by atoms with Gasteiger partial charge in [0, 0.05) is 43.1 Å². The number of unbranched alkanes of at least 4 members (excludes halogenated alkanes) is 1. The Hall–Kier alpha value is -2.23. The van der Waals surface area contributed by atoms with Crippen LogP contribution in [-0.4, -0.2) is 71.4 Å². The molecule has 0 fully saturated rings. The molecule has 1 aliphatic rings. The van der Waals surface area contributed by atoms with Crippen molar-refractivity contribution in [2.75, 3.05) is 43.9 Å². The van der Waals surface area contributed by atoms with Crippen LogP contribution in [0.3, 0.4) is 0 Å². The number of nitrogens with zero attached hydrogens (tertiary/aromatic N) is 3. The van der Waals surface area contributed by atoms with E-state index in [9.17, 15) is 9.90 Å². The zero-order valence-electron chi connectivity index (χ0n) is 20.1. The summed E-state index contributed by atoms with van der Waals surface area (Å²) in [6.07, 6.45) is 7.46. The van der Waals surface area contributed by atoms with Crippen LogP contribution in [0.2, 0.25) is 0 Å². The standard InChI is InChI=1S/C25H36BrN5O3/c1-18(34-2)17-31(15-11-22(25(32)33)30-23-16-20(26)10-13-27-23)14-4-3-7-21-9-8-19-6-5-12-28-24(19)29-21/h8-10,13,16,18,22H,3-7,11-12,14-15,17H2,1-2H3,(H,27,30)(H,28,29)(H,32,33)/t18-,22+/m1/s1. The fourth-order valence-corrected chi connectivity index (χ4v) is 4.45. The number of aliphatic carboxylic acids is 1. The second-order valence-electron chi connectivity index (χ2n) is 8.83. The molecule has 0 amide bonds. The maximum Gasteiger partial charge on any atom is 0.326 e. The predicted molar refractivity (Wildman–Crippen MR) is 138 cm³/mol. The third-order valence-corrected chi connectivity index (χ3v) is 6.60. The van der Waals surface area contributed by atoms with Crippen LogP contribution in [0.4, 0.5) is 11.6 Å². The number of carboxylic acid groups (broad SMARTS) is 1. The van der Waals surface area contributed by atoms with Gasteiger partial charge in [-0.3, -0.25) is 0 Å². The van der Waals surface area contributed by atoms with Gasteiger partial charge in [-0.05, 0) is 75.8 Å². The second-order valence-corrected chi connectivity index (χ2v) is 9.74. The maximum absolute atomic E-state index is 11.8. The summed E-state index contributed by atoms with van der Waals surface area (Å²) in [5.74, 6) is 0.714. The molecular formula is C25H36BrN5O3. The minimum absolute atomic E-state index is 0.0800. The normalized spacial score (nSPS) is 14.8. The lowest BCUT2D eigenvalue weighted by Crippen LogP contribution is -2.38. The Morgan fingerprint density at radius 1 is 1.32 bits per heavy atom. The van der Waals surface area contributed by atoms with Gasteiger partial charge in [-0.1, -0.05) is 22.0 Å². The number of hydrogen-bond acceptors (Lipinski definition) is 7. The average Bonchev–Trinajstić information content (AvgIpc) is 2.83. The van der Waals surface area contributed by atoms with Crippen molar-refractivity contribution in [3.8, 4) is 0 Å². The van der Waals surface area contributed by atoms with Crippen molar-refractivity contribution < 1.29 is 14.6 Å². The molecule has 0 saturated carbocycles. The van der Waals surface area contributed by atoms with E-state index in [-0.39, 0.29) is 6.10 Å². The van der Waals surface area contributed by atoms with Gasteiger partial charge >= 0.3 is 5.97 Å². The van der Waals surface area contributed by atoms with E-state index in [0.29, 0.717) is 18.8 Å². The van der Waals surface area contributed by atoms with Gasteiger partial charge in [0.05, 0.1) is 6.10 Å². The molecule has 3 N–H and O–H groups in total. The van der Waals surface area contributed by atoms with Gasteiger partial charge in [0.25, 0.3) is 0 Å². The Morgan fingerprint density at radius 2 is 2.18 bits per heavy atom. The minimum Gasteiger partial charge on any atom is -0.480 e. The van der Waals surface area contributed by atoms with Gasteiger partial charge in [0.2, 0.25) is 0 Å². The van der Waals surface area contributed by atoms with Crippen LogP contribution in [0.5, 0.6) is 0 Å². The molecule has 1 aliphatic heterocycles. The monoisotopic (exact) mass is 533 g/mol. The lowest BCUT2D eigenvalue weighted by atomic mass is 10.1. The Balaban J connectivity index is 1.50. The van der Waals surface area contributed by atoms with Crippen LogP contribution in [-0.2, 0) is 22.4 Å². The molecule has 2 atom stereocenters. The van der Waals surface area contributed by atoms with Crippen LogP contribution >= 0.6 is 15.9 Å². The van der Waals surface area contributed by atoms with E-state index in [1.165, 1.54) is 12.0 Å². The summed E-state index contributed by atoms with van der Waals surface area (Å²) >= 11 is 3.40. The van der Waals surface area contributed by atoms with Gasteiger partial charge in [-0.2, -0.15) is 0 Å². The molecule has 0 aliphatic carbocycles. The Morgan fingerprint density at radius 3 is 2.94 bits per heavy atom. The number of methoxy groups -OCH3 is 1. The number of nitrogens with one attached hydrogen (secondary N) is 2. The molecule has 2 aromatic heterocycles. The number of pyridine rings is 2. The molecule has 0 unspecified atom stereocenters. The van der Waals surface area contributed by atoms with Crippen LogP contribution < -0.4 is 10.6 Å². The molecule has 34 heavy (non-hydrogen) atoms. The number of hydrogen-bond donors (Lipinski definition) is 3. The van der Waals surface area contributed by atoms with Crippen molar-refractivity contribution >= 4 is 33.5 Å². The number of rotatable bonds is 14. The highest BCUT2D eigenvalue weighted by Crippen LogP contribution is 2.20. The number of carboxylic acids is 1.